The number of hydrogen-bond acceptors (Lipinski definition) is 4. The molecule has 2 aromatic carbocycles. The van der Waals surface area contributed by atoms with Gasteiger partial charge >= 0.3 is 0 Å². The lowest BCUT2D eigenvalue weighted by molar-refractivity contribution is 0.102. The number of carbonyl (C=O) groups is 1. The van der Waals surface area contributed by atoms with Crippen molar-refractivity contribution >= 4 is 22.9 Å². The molecule has 1 N–H and O–H groups in total. The van der Waals surface area contributed by atoms with Gasteiger partial charge in [0.05, 0.1) is 5.69 Å². The van der Waals surface area contributed by atoms with Gasteiger partial charge in [0.25, 0.3) is 5.91 Å². The largest absolute Gasteiger partial charge is 0.486 e. The normalized spacial score (nSPS) is 10.6. The van der Waals surface area contributed by atoms with E-state index >= 15 is 0 Å². The highest BCUT2D eigenvalue weighted by Crippen LogP contribution is 2.23. The molecule has 0 atom stereocenters. The van der Waals surface area contributed by atoms with Crippen LogP contribution in [0, 0.1) is 25.5 Å². The van der Waals surface area contributed by atoms with E-state index in [0.717, 1.165) is 0 Å². The molecule has 0 aliphatic carbocycles. The Morgan fingerprint density at radius 2 is 1.81 bits per heavy atom. The molecule has 134 valence electrons. The van der Waals surface area contributed by atoms with Crippen molar-refractivity contribution in [1.82, 2.24) is 4.98 Å². The Bertz CT molecular complexity index is 939. The molecule has 0 fully saturated rings. The summed E-state index contributed by atoms with van der Waals surface area (Å²) in [6.07, 6.45) is 0. The van der Waals surface area contributed by atoms with Crippen LogP contribution >= 0.6 is 11.3 Å². The van der Waals surface area contributed by atoms with Crippen LogP contribution in [-0.2, 0) is 6.61 Å². The lowest BCUT2D eigenvalue weighted by Gasteiger charge is -2.07. The average Bonchev–Trinajstić information content (AvgIpc) is 2.98. The molecule has 0 saturated carbocycles. The number of nitrogens with zero attached hydrogens (tertiary/aromatic N) is 1. The molecule has 0 spiro atoms. The zero-order valence-electron chi connectivity index (χ0n) is 14.2. The van der Waals surface area contributed by atoms with Crippen molar-refractivity contribution in [2.24, 2.45) is 0 Å². The smallest absolute Gasteiger partial charge is 0.267 e. The van der Waals surface area contributed by atoms with Crippen molar-refractivity contribution in [3.63, 3.8) is 0 Å². The lowest BCUT2D eigenvalue weighted by Crippen LogP contribution is -2.12. The fourth-order valence-electron chi connectivity index (χ4n) is 2.35. The molecule has 3 rings (SSSR count). The van der Waals surface area contributed by atoms with Crippen LogP contribution in [0.15, 0.2) is 42.5 Å². The monoisotopic (exact) mass is 374 g/mol. The van der Waals surface area contributed by atoms with Crippen LogP contribution in [0.25, 0.3) is 0 Å². The highest BCUT2D eigenvalue weighted by atomic mass is 32.1. The van der Waals surface area contributed by atoms with Gasteiger partial charge in [0.15, 0.2) is 0 Å². The number of carbonyl (C=O) groups excluding carboxylic acids is 1. The Morgan fingerprint density at radius 1 is 1.12 bits per heavy atom. The topological polar surface area (TPSA) is 51.2 Å². The summed E-state index contributed by atoms with van der Waals surface area (Å²) in [7, 11) is 0. The first kappa shape index (κ1) is 18.0. The van der Waals surface area contributed by atoms with E-state index in [4.69, 9.17) is 4.74 Å². The van der Waals surface area contributed by atoms with Crippen LogP contribution < -0.4 is 10.1 Å². The van der Waals surface area contributed by atoms with Crippen molar-refractivity contribution in [2.45, 2.75) is 20.5 Å². The van der Waals surface area contributed by atoms with Gasteiger partial charge in [0, 0.05) is 5.69 Å². The van der Waals surface area contributed by atoms with Crippen molar-refractivity contribution in [3.8, 4) is 5.75 Å². The number of nitrogens with one attached hydrogen (secondary N) is 1. The second kappa shape index (κ2) is 7.61. The highest BCUT2D eigenvalue weighted by molar-refractivity contribution is 7.13. The number of benzene rings is 2. The zero-order valence-corrected chi connectivity index (χ0v) is 15.0. The average molecular weight is 374 g/mol. The fourth-order valence-corrected chi connectivity index (χ4v) is 3.22. The van der Waals surface area contributed by atoms with Gasteiger partial charge in [0.2, 0.25) is 0 Å². The van der Waals surface area contributed by atoms with Crippen molar-refractivity contribution in [1.29, 1.82) is 0 Å². The van der Waals surface area contributed by atoms with Crippen molar-refractivity contribution in [3.05, 3.63) is 75.2 Å². The molecule has 1 amide bonds. The van der Waals surface area contributed by atoms with E-state index in [9.17, 15) is 13.6 Å². The van der Waals surface area contributed by atoms with Gasteiger partial charge in [-0.15, -0.1) is 11.3 Å². The first-order valence-electron chi connectivity index (χ1n) is 7.84. The molecular weight excluding hydrogens is 358 g/mol. The van der Waals surface area contributed by atoms with Gasteiger partial charge in [0.1, 0.15) is 33.9 Å². The molecule has 1 aromatic heterocycles. The number of halogens is 2. The van der Waals surface area contributed by atoms with Crippen LogP contribution in [0.3, 0.4) is 0 Å². The third-order valence-corrected chi connectivity index (χ3v) is 4.79. The number of anilines is 1. The molecule has 4 nitrogen and oxygen atoms in total. The van der Waals surface area contributed by atoms with E-state index < -0.39 is 0 Å². The first-order chi connectivity index (χ1) is 12.4. The lowest BCUT2D eigenvalue weighted by atomic mass is 10.2. The number of rotatable bonds is 5. The molecule has 1 heterocycles. The van der Waals surface area contributed by atoms with Gasteiger partial charge in [-0.05, 0) is 61.9 Å². The number of thiazole rings is 1. The molecule has 0 radical (unpaired) electrons. The molecular formula is C19H16F2N2O2S. The van der Waals surface area contributed by atoms with Crippen molar-refractivity contribution in [2.75, 3.05) is 5.32 Å². The predicted molar refractivity (Wildman–Crippen MR) is 96.7 cm³/mol. The highest BCUT2D eigenvalue weighted by Gasteiger charge is 2.16. The maximum Gasteiger partial charge on any atom is 0.267 e. The molecule has 0 aliphatic rings. The van der Waals surface area contributed by atoms with Crippen LogP contribution in [-0.4, -0.2) is 10.9 Å². The van der Waals surface area contributed by atoms with Gasteiger partial charge in [-0.2, -0.15) is 0 Å². The molecule has 0 bridgehead atoms. The van der Waals surface area contributed by atoms with Crippen molar-refractivity contribution < 1.29 is 18.3 Å². The third kappa shape index (κ3) is 4.23. The number of aryl methyl sites for hydroxylation is 2. The first-order valence-corrected chi connectivity index (χ1v) is 8.66. The van der Waals surface area contributed by atoms with Gasteiger partial charge in [-0.25, -0.2) is 13.8 Å². The van der Waals surface area contributed by atoms with Gasteiger partial charge in [-0.3, -0.25) is 4.79 Å². The Morgan fingerprint density at radius 3 is 2.50 bits per heavy atom. The Balaban J connectivity index is 1.68. The van der Waals surface area contributed by atoms with E-state index in [0.29, 0.717) is 32.6 Å². The summed E-state index contributed by atoms with van der Waals surface area (Å²) in [4.78, 5) is 17.3. The van der Waals surface area contributed by atoms with Crippen LogP contribution in [0.1, 0.15) is 25.9 Å². The summed E-state index contributed by atoms with van der Waals surface area (Å²) in [6.45, 7) is 3.64. The zero-order chi connectivity index (χ0) is 18.7. The second-order valence-electron chi connectivity index (χ2n) is 5.68. The number of aromatic nitrogens is 1. The third-order valence-electron chi connectivity index (χ3n) is 3.66. The summed E-state index contributed by atoms with van der Waals surface area (Å²) in [6, 6.07) is 9.86. The minimum atomic E-state index is -0.352. The Labute approximate surface area is 153 Å². The number of ether oxygens (including phenoxy) is 1. The summed E-state index contributed by atoms with van der Waals surface area (Å²) in [5.41, 5.74) is 1.78. The minimum absolute atomic E-state index is 0.181. The predicted octanol–water partition coefficient (Wildman–Crippen LogP) is 4.87. The SMILES string of the molecule is Cc1cc(F)ccc1NC(=O)c1sc(COc2ccc(F)cc2)nc1C. The maximum absolute atomic E-state index is 13.2. The van der Waals surface area contributed by atoms with Crippen LogP contribution in [0.4, 0.5) is 14.5 Å². The van der Waals surface area contributed by atoms with E-state index in [1.165, 1.54) is 53.8 Å². The molecule has 0 aliphatic heterocycles. The Kier molecular flexibility index (Phi) is 5.27. The van der Waals surface area contributed by atoms with E-state index in [1.54, 1.807) is 13.8 Å². The Hall–Kier alpha value is -2.80. The number of hydrogen-bond donors (Lipinski definition) is 1. The van der Waals surface area contributed by atoms with E-state index in [-0.39, 0.29) is 24.1 Å². The summed E-state index contributed by atoms with van der Waals surface area (Å²) in [5.74, 6) is -0.470. The second-order valence-corrected chi connectivity index (χ2v) is 6.76. The van der Waals surface area contributed by atoms with Gasteiger partial charge in [-0.1, -0.05) is 0 Å². The summed E-state index contributed by atoms with van der Waals surface area (Å²) in [5, 5.41) is 3.40. The van der Waals surface area contributed by atoms with E-state index in [2.05, 4.69) is 10.3 Å². The number of amides is 1. The van der Waals surface area contributed by atoms with Crippen LogP contribution in [0.2, 0.25) is 0 Å². The van der Waals surface area contributed by atoms with Crippen LogP contribution in [0.5, 0.6) is 5.75 Å². The molecule has 3 aromatic rings. The quantitative estimate of drug-likeness (QED) is 0.693. The minimum Gasteiger partial charge on any atom is -0.486 e. The fraction of sp³-hybridized carbons (Fsp3) is 0.158. The summed E-state index contributed by atoms with van der Waals surface area (Å²) >= 11 is 1.22. The maximum atomic E-state index is 13.2. The molecule has 7 heteroatoms. The molecule has 0 unspecified atom stereocenters. The standard InChI is InChI=1S/C19H16F2N2O2S/c1-11-9-14(21)5-8-16(11)23-19(24)18-12(2)22-17(26-18)10-25-15-6-3-13(20)4-7-15/h3-9H,10H2,1-2H3,(H,23,24). The van der Waals surface area contributed by atoms with Gasteiger partial charge < -0.3 is 10.1 Å². The molecule has 0 saturated heterocycles. The summed E-state index contributed by atoms with van der Waals surface area (Å²) < 4.78 is 31.6. The van der Waals surface area contributed by atoms with E-state index in [1.807, 2.05) is 0 Å². The molecule has 26 heavy (non-hydrogen) atoms.